The molecule has 0 unspecified atom stereocenters. The monoisotopic (exact) mass is 383 g/mol. The Balaban J connectivity index is 2.16. The minimum Gasteiger partial charge on any atom is -0.279 e. The Morgan fingerprint density at radius 3 is 2.85 bits per heavy atom. The molecule has 0 amide bonds. The van der Waals surface area contributed by atoms with E-state index in [9.17, 15) is 9.59 Å². The zero-order valence-electron chi connectivity index (χ0n) is 14.1. The summed E-state index contributed by atoms with van der Waals surface area (Å²) in [4.78, 5) is 29.4. The van der Waals surface area contributed by atoms with Crippen LogP contribution in [-0.4, -0.2) is 14.1 Å². The molecule has 0 aliphatic heterocycles. The molecule has 0 aliphatic carbocycles. The first-order valence-corrected chi connectivity index (χ1v) is 8.86. The number of nitrogens with zero attached hydrogens (tertiary/aromatic N) is 3. The first-order chi connectivity index (χ1) is 12.4. The SMILES string of the molecule is C=C/C=C(\C)C#Cc1ccc(-n2c(=O)c3scnc3n(C)c2=O)c(Cl)c1. The van der Waals surface area contributed by atoms with Crippen molar-refractivity contribution in [3.8, 4) is 17.5 Å². The molecule has 0 saturated heterocycles. The predicted octanol–water partition coefficient (Wildman–Crippen LogP) is 3.28. The number of rotatable bonds is 2. The lowest BCUT2D eigenvalue weighted by molar-refractivity contribution is 0.768. The lowest BCUT2D eigenvalue weighted by atomic mass is 10.2. The minimum atomic E-state index is -0.501. The smallest absolute Gasteiger partial charge is 0.279 e. The summed E-state index contributed by atoms with van der Waals surface area (Å²) in [5.41, 5.74) is 2.82. The maximum Gasteiger partial charge on any atom is 0.337 e. The van der Waals surface area contributed by atoms with Gasteiger partial charge in [0, 0.05) is 12.6 Å². The Hall–Kier alpha value is -2.88. The third-order valence-corrected chi connectivity index (χ3v) is 4.81. The summed E-state index contributed by atoms with van der Waals surface area (Å²) in [5, 5.41) is 0.269. The van der Waals surface area contributed by atoms with E-state index < -0.39 is 11.2 Å². The highest BCUT2D eigenvalue weighted by molar-refractivity contribution is 7.16. The fraction of sp³-hybridized carbons (Fsp3) is 0.105. The molecule has 26 heavy (non-hydrogen) atoms. The van der Waals surface area contributed by atoms with Gasteiger partial charge in [0.05, 0.1) is 16.2 Å². The summed E-state index contributed by atoms with van der Waals surface area (Å²) in [6, 6.07) is 4.97. The molecular weight excluding hydrogens is 370 g/mol. The van der Waals surface area contributed by atoms with Gasteiger partial charge < -0.3 is 0 Å². The van der Waals surface area contributed by atoms with Crippen molar-refractivity contribution in [2.24, 2.45) is 7.05 Å². The van der Waals surface area contributed by atoms with Gasteiger partial charge in [-0.3, -0.25) is 9.36 Å². The van der Waals surface area contributed by atoms with Crippen molar-refractivity contribution in [3.63, 3.8) is 0 Å². The van der Waals surface area contributed by atoms with E-state index in [0.29, 0.717) is 21.6 Å². The van der Waals surface area contributed by atoms with Crippen molar-refractivity contribution in [1.29, 1.82) is 0 Å². The van der Waals surface area contributed by atoms with Crippen LogP contribution >= 0.6 is 22.9 Å². The van der Waals surface area contributed by atoms with Crippen LogP contribution in [0.1, 0.15) is 12.5 Å². The molecule has 0 fully saturated rings. The van der Waals surface area contributed by atoms with E-state index in [2.05, 4.69) is 23.4 Å². The van der Waals surface area contributed by atoms with Crippen LogP contribution in [0.25, 0.3) is 16.0 Å². The van der Waals surface area contributed by atoms with Gasteiger partial charge in [-0.1, -0.05) is 42.2 Å². The van der Waals surface area contributed by atoms with Gasteiger partial charge in [0.1, 0.15) is 4.70 Å². The zero-order valence-corrected chi connectivity index (χ0v) is 15.7. The van der Waals surface area contributed by atoms with Crippen molar-refractivity contribution >= 4 is 33.3 Å². The molecule has 0 aliphatic rings. The van der Waals surface area contributed by atoms with Crippen molar-refractivity contribution < 1.29 is 0 Å². The first-order valence-electron chi connectivity index (χ1n) is 7.60. The average molecular weight is 384 g/mol. The molecule has 2 heterocycles. The molecule has 1 aromatic carbocycles. The second-order valence-corrected chi connectivity index (χ2v) is 6.75. The van der Waals surface area contributed by atoms with Gasteiger partial charge in [-0.2, -0.15) is 0 Å². The van der Waals surface area contributed by atoms with Crippen LogP contribution in [-0.2, 0) is 7.05 Å². The molecule has 3 rings (SSSR count). The van der Waals surface area contributed by atoms with Crippen molar-refractivity contribution in [1.82, 2.24) is 14.1 Å². The number of hydrogen-bond acceptors (Lipinski definition) is 4. The lowest BCUT2D eigenvalue weighted by Crippen LogP contribution is -2.37. The summed E-state index contributed by atoms with van der Waals surface area (Å²) in [6.45, 7) is 5.50. The topological polar surface area (TPSA) is 56.9 Å². The summed E-state index contributed by atoms with van der Waals surface area (Å²) in [6.07, 6.45) is 3.47. The molecule has 0 atom stereocenters. The van der Waals surface area contributed by atoms with E-state index in [1.165, 1.54) is 21.4 Å². The van der Waals surface area contributed by atoms with Crippen LogP contribution in [0.5, 0.6) is 0 Å². The maximum absolute atomic E-state index is 12.7. The van der Waals surface area contributed by atoms with E-state index in [1.807, 2.05) is 6.92 Å². The molecule has 0 N–H and O–H groups in total. The molecule has 3 aromatic rings. The Bertz CT molecular complexity index is 1240. The van der Waals surface area contributed by atoms with Crippen LogP contribution in [0.4, 0.5) is 0 Å². The Morgan fingerprint density at radius 2 is 2.15 bits per heavy atom. The van der Waals surface area contributed by atoms with Gasteiger partial charge in [-0.05, 0) is 30.7 Å². The molecule has 5 nitrogen and oxygen atoms in total. The highest BCUT2D eigenvalue weighted by atomic mass is 35.5. The number of aryl methyl sites for hydroxylation is 1. The van der Waals surface area contributed by atoms with Gasteiger partial charge in [-0.15, -0.1) is 11.3 Å². The Morgan fingerprint density at radius 1 is 1.38 bits per heavy atom. The lowest BCUT2D eigenvalue weighted by Gasteiger charge is -2.09. The van der Waals surface area contributed by atoms with E-state index >= 15 is 0 Å². The second-order valence-electron chi connectivity index (χ2n) is 5.49. The third-order valence-electron chi connectivity index (χ3n) is 3.70. The Kier molecular flexibility index (Phi) is 4.94. The van der Waals surface area contributed by atoms with Crippen LogP contribution in [0.3, 0.4) is 0 Å². The van der Waals surface area contributed by atoms with Gasteiger partial charge in [0.15, 0.2) is 5.65 Å². The number of fused-ring (bicyclic) bond motifs is 1. The quantitative estimate of drug-likeness (QED) is 0.504. The molecule has 130 valence electrons. The zero-order chi connectivity index (χ0) is 18.8. The fourth-order valence-electron chi connectivity index (χ4n) is 2.42. The second kappa shape index (κ2) is 7.16. The van der Waals surface area contributed by atoms with Gasteiger partial charge in [0.25, 0.3) is 5.56 Å². The number of allylic oxidation sites excluding steroid dienone is 3. The van der Waals surface area contributed by atoms with E-state index in [-0.39, 0.29) is 5.02 Å². The number of thiazole rings is 1. The molecule has 0 radical (unpaired) electrons. The van der Waals surface area contributed by atoms with Gasteiger partial charge in [-0.25, -0.2) is 14.3 Å². The van der Waals surface area contributed by atoms with Crippen LogP contribution < -0.4 is 11.2 Å². The molecule has 0 spiro atoms. The Labute approximate surface area is 158 Å². The normalized spacial score (nSPS) is 11.3. The van der Waals surface area contributed by atoms with Gasteiger partial charge in [0.2, 0.25) is 0 Å². The molecule has 0 saturated carbocycles. The van der Waals surface area contributed by atoms with E-state index in [1.54, 1.807) is 37.4 Å². The van der Waals surface area contributed by atoms with Crippen molar-refractivity contribution in [2.75, 3.05) is 0 Å². The average Bonchev–Trinajstić information content (AvgIpc) is 3.10. The number of benzene rings is 1. The molecule has 0 bridgehead atoms. The van der Waals surface area contributed by atoms with E-state index in [0.717, 1.165) is 10.1 Å². The highest BCUT2D eigenvalue weighted by Crippen LogP contribution is 2.21. The number of aromatic nitrogens is 3. The summed E-state index contributed by atoms with van der Waals surface area (Å²) >= 11 is 7.53. The largest absolute Gasteiger partial charge is 0.337 e. The van der Waals surface area contributed by atoms with Crippen molar-refractivity contribution in [3.05, 3.63) is 79.4 Å². The summed E-state index contributed by atoms with van der Waals surface area (Å²) < 4.78 is 2.79. The summed E-state index contributed by atoms with van der Waals surface area (Å²) in [5.74, 6) is 5.96. The van der Waals surface area contributed by atoms with E-state index in [4.69, 9.17) is 11.6 Å². The first kappa shape index (κ1) is 17.9. The molecule has 7 heteroatoms. The predicted molar refractivity (Wildman–Crippen MR) is 106 cm³/mol. The van der Waals surface area contributed by atoms with Gasteiger partial charge >= 0.3 is 5.69 Å². The summed E-state index contributed by atoms with van der Waals surface area (Å²) in [7, 11) is 1.57. The number of hydrogen-bond donors (Lipinski definition) is 0. The third kappa shape index (κ3) is 3.15. The number of halogens is 1. The molecular formula is C19H14ClN3O2S. The van der Waals surface area contributed by atoms with Crippen LogP contribution in [0, 0.1) is 11.8 Å². The molecule has 2 aromatic heterocycles. The fourth-order valence-corrected chi connectivity index (χ4v) is 3.43. The highest BCUT2D eigenvalue weighted by Gasteiger charge is 2.16. The minimum absolute atomic E-state index is 0.269. The van der Waals surface area contributed by atoms with Crippen LogP contribution in [0.15, 0.2) is 57.6 Å². The van der Waals surface area contributed by atoms with Crippen molar-refractivity contribution in [2.45, 2.75) is 6.92 Å². The maximum atomic E-state index is 12.7. The standard InChI is InChI=1S/C19H14ClN3O2S/c1-4-5-12(2)6-7-13-8-9-15(14(20)10-13)23-18(24)16-17(21-11-26-16)22(3)19(23)25/h4-5,8-11H,1H2,2-3H3/b12-5+. The van der Waals surface area contributed by atoms with Crippen LogP contribution in [0.2, 0.25) is 5.02 Å².